The number of halogens is 5. The fraction of sp³-hybridized carbons (Fsp3) is 0.250. The highest BCUT2D eigenvalue weighted by atomic mass is 19.4. The van der Waals surface area contributed by atoms with Crippen molar-refractivity contribution in [1.82, 2.24) is 15.0 Å². The first kappa shape index (κ1) is 20.8. The molecule has 0 aliphatic carbocycles. The van der Waals surface area contributed by atoms with Gasteiger partial charge >= 0.3 is 6.36 Å². The smallest absolute Gasteiger partial charge is 0.406 e. The van der Waals surface area contributed by atoms with Crippen LogP contribution in [-0.2, 0) is 11.3 Å². The summed E-state index contributed by atoms with van der Waals surface area (Å²) in [7, 11) is 0. The zero-order valence-corrected chi connectivity index (χ0v) is 15.7. The van der Waals surface area contributed by atoms with Crippen LogP contribution in [0.4, 0.5) is 22.0 Å². The minimum Gasteiger partial charge on any atom is -0.406 e. The molecular weight excluding hydrogens is 425 g/mol. The molecule has 1 atom stereocenters. The summed E-state index contributed by atoms with van der Waals surface area (Å²) in [6, 6.07) is 8.00. The van der Waals surface area contributed by atoms with Gasteiger partial charge in [-0.05, 0) is 42.0 Å². The number of hydrogen-bond donors (Lipinski definition) is 0. The average Bonchev–Trinajstić information content (AvgIpc) is 3.28. The molecule has 1 aromatic heterocycles. The van der Waals surface area contributed by atoms with Gasteiger partial charge < -0.3 is 14.2 Å². The lowest BCUT2D eigenvalue weighted by Gasteiger charge is -2.16. The van der Waals surface area contributed by atoms with E-state index in [2.05, 4.69) is 14.9 Å². The summed E-state index contributed by atoms with van der Waals surface area (Å²) < 4.78 is 72.5. The summed E-state index contributed by atoms with van der Waals surface area (Å²) in [5, 5.41) is 3.81. The molecule has 2 aromatic carbocycles. The van der Waals surface area contributed by atoms with Crippen molar-refractivity contribution in [3.8, 4) is 17.1 Å². The van der Waals surface area contributed by atoms with Gasteiger partial charge in [-0.1, -0.05) is 5.16 Å². The van der Waals surface area contributed by atoms with E-state index in [0.29, 0.717) is 11.1 Å². The van der Waals surface area contributed by atoms with Gasteiger partial charge in [-0.2, -0.15) is 4.98 Å². The minimum absolute atomic E-state index is 0.0334. The topological polar surface area (TPSA) is 68.5 Å². The number of rotatable bonds is 5. The van der Waals surface area contributed by atoms with Gasteiger partial charge in [0.25, 0.3) is 0 Å². The van der Waals surface area contributed by atoms with Crippen molar-refractivity contribution in [2.45, 2.75) is 25.2 Å². The number of amides is 1. The zero-order chi connectivity index (χ0) is 22.2. The lowest BCUT2D eigenvalue weighted by molar-refractivity contribution is -0.274. The van der Waals surface area contributed by atoms with Crippen molar-refractivity contribution in [3.05, 3.63) is 65.6 Å². The quantitative estimate of drug-likeness (QED) is 0.551. The standard InChI is InChI=1S/C20H14F5N3O3/c21-14-5-11(6-15(22)8-14)9-28-10-13(7-17(28)29)19-26-18(27-31-19)12-1-3-16(4-2-12)30-20(23,24)25/h1-6,8,13H,7,9-10H2. The second-order valence-electron chi connectivity index (χ2n) is 6.98. The van der Waals surface area contributed by atoms with Crippen LogP contribution in [0.1, 0.15) is 23.8 Å². The molecule has 0 radical (unpaired) electrons. The van der Waals surface area contributed by atoms with E-state index in [-0.39, 0.29) is 42.9 Å². The van der Waals surface area contributed by atoms with Gasteiger partial charge in [0, 0.05) is 31.1 Å². The predicted molar refractivity (Wildman–Crippen MR) is 95.6 cm³/mol. The highest BCUT2D eigenvalue weighted by Crippen LogP contribution is 2.31. The number of ether oxygens (including phenoxy) is 1. The number of hydrogen-bond acceptors (Lipinski definition) is 5. The maximum atomic E-state index is 13.4. The molecule has 0 N–H and O–H groups in total. The number of aromatic nitrogens is 2. The lowest BCUT2D eigenvalue weighted by Crippen LogP contribution is -2.24. The Kier molecular flexibility index (Phi) is 5.34. The van der Waals surface area contributed by atoms with Crippen LogP contribution in [0.15, 0.2) is 47.0 Å². The number of nitrogens with zero attached hydrogens (tertiary/aromatic N) is 3. The molecular formula is C20H14F5N3O3. The molecule has 11 heteroatoms. The summed E-state index contributed by atoms with van der Waals surface area (Å²) in [6.45, 7) is 0.253. The van der Waals surface area contributed by atoms with Crippen LogP contribution < -0.4 is 4.74 Å². The number of likely N-dealkylation sites (tertiary alicyclic amines) is 1. The van der Waals surface area contributed by atoms with E-state index in [9.17, 15) is 26.7 Å². The van der Waals surface area contributed by atoms with Gasteiger partial charge in [0.2, 0.25) is 17.6 Å². The molecule has 1 aliphatic rings. The maximum Gasteiger partial charge on any atom is 0.573 e. The van der Waals surface area contributed by atoms with Crippen LogP contribution in [0, 0.1) is 11.6 Å². The van der Waals surface area contributed by atoms with E-state index in [1.54, 1.807) is 0 Å². The third-order valence-corrected chi connectivity index (χ3v) is 4.65. The molecule has 3 aromatic rings. The van der Waals surface area contributed by atoms with Gasteiger partial charge in [-0.3, -0.25) is 4.79 Å². The Labute approximate surface area is 172 Å². The molecule has 1 saturated heterocycles. The number of alkyl halides is 3. The highest BCUT2D eigenvalue weighted by Gasteiger charge is 2.34. The zero-order valence-electron chi connectivity index (χ0n) is 15.7. The van der Waals surface area contributed by atoms with Crippen molar-refractivity contribution in [2.24, 2.45) is 0 Å². The predicted octanol–water partition coefficient (Wildman–Crippen LogP) is 4.43. The Morgan fingerprint density at radius 1 is 1.10 bits per heavy atom. The van der Waals surface area contributed by atoms with E-state index in [1.165, 1.54) is 17.0 Å². The molecule has 1 fully saturated rings. The largest absolute Gasteiger partial charge is 0.573 e. The molecule has 2 heterocycles. The summed E-state index contributed by atoms with van der Waals surface area (Å²) in [5.41, 5.74) is 0.722. The second-order valence-corrected chi connectivity index (χ2v) is 6.98. The molecule has 0 bridgehead atoms. The lowest BCUT2D eigenvalue weighted by atomic mass is 10.1. The number of carbonyl (C=O) groups is 1. The second kappa shape index (κ2) is 7.97. The Morgan fingerprint density at radius 2 is 1.77 bits per heavy atom. The van der Waals surface area contributed by atoms with Crippen molar-refractivity contribution in [3.63, 3.8) is 0 Å². The normalized spacial score (nSPS) is 16.7. The third-order valence-electron chi connectivity index (χ3n) is 4.65. The third kappa shape index (κ3) is 4.98. The molecule has 0 saturated carbocycles. The first-order chi connectivity index (χ1) is 14.7. The fourth-order valence-corrected chi connectivity index (χ4v) is 3.34. The van der Waals surface area contributed by atoms with E-state index in [0.717, 1.165) is 30.3 Å². The highest BCUT2D eigenvalue weighted by molar-refractivity contribution is 5.79. The Morgan fingerprint density at radius 3 is 2.42 bits per heavy atom. The number of carbonyl (C=O) groups excluding carboxylic acids is 1. The van der Waals surface area contributed by atoms with Gasteiger partial charge in [0.15, 0.2) is 0 Å². The van der Waals surface area contributed by atoms with Gasteiger partial charge in [0.1, 0.15) is 17.4 Å². The van der Waals surface area contributed by atoms with Crippen LogP contribution in [0.25, 0.3) is 11.4 Å². The molecule has 162 valence electrons. The Hall–Kier alpha value is -3.50. The number of benzene rings is 2. The van der Waals surface area contributed by atoms with Crippen LogP contribution in [0.5, 0.6) is 5.75 Å². The van der Waals surface area contributed by atoms with Gasteiger partial charge in [-0.25, -0.2) is 8.78 Å². The van der Waals surface area contributed by atoms with E-state index < -0.39 is 23.9 Å². The summed E-state index contributed by atoms with van der Waals surface area (Å²) in [4.78, 5) is 18.0. The van der Waals surface area contributed by atoms with Crippen molar-refractivity contribution >= 4 is 5.91 Å². The first-order valence-corrected chi connectivity index (χ1v) is 9.09. The van der Waals surface area contributed by atoms with Crippen LogP contribution in [0.3, 0.4) is 0 Å². The Bertz CT molecular complexity index is 1080. The summed E-state index contributed by atoms with van der Waals surface area (Å²) >= 11 is 0. The SMILES string of the molecule is O=C1CC(c2nc(-c3ccc(OC(F)(F)F)cc3)no2)CN1Cc1cc(F)cc(F)c1. The van der Waals surface area contributed by atoms with E-state index in [4.69, 9.17) is 4.52 Å². The van der Waals surface area contributed by atoms with E-state index in [1.807, 2.05) is 0 Å². The molecule has 6 nitrogen and oxygen atoms in total. The van der Waals surface area contributed by atoms with Crippen LogP contribution >= 0.6 is 0 Å². The molecule has 4 rings (SSSR count). The Balaban J connectivity index is 1.44. The maximum absolute atomic E-state index is 13.4. The molecule has 31 heavy (non-hydrogen) atoms. The van der Waals surface area contributed by atoms with E-state index >= 15 is 0 Å². The first-order valence-electron chi connectivity index (χ1n) is 9.09. The van der Waals surface area contributed by atoms with Crippen molar-refractivity contribution in [2.75, 3.05) is 6.54 Å². The van der Waals surface area contributed by atoms with Gasteiger partial charge in [0.05, 0.1) is 5.92 Å². The van der Waals surface area contributed by atoms with Crippen LogP contribution in [0.2, 0.25) is 0 Å². The molecule has 1 aliphatic heterocycles. The summed E-state index contributed by atoms with van der Waals surface area (Å²) in [6.07, 6.45) is -4.71. The molecule has 0 spiro atoms. The van der Waals surface area contributed by atoms with Crippen LogP contribution in [-0.4, -0.2) is 33.9 Å². The minimum atomic E-state index is -4.79. The monoisotopic (exact) mass is 439 g/mol. The van der Waals surface area contributed by atoms with Gasteiger partial charge in [-0.15, -0.1) is 13.2 Å². The van der Waals surface area contributed by atoms with Crippen molar-refractivity contribution in [1.29, 1.82) is 0 Å². The fourth-order valence-electron chi connectivity index (χ4n) is 3.34. The molecule has 1 amide bonds. The summed E-state index contributed by atoms with van der Waals surface area (Å²) in [5.74, 6) is -2.16. The van der Waals surface area contributed by atoms with Crippen molar-refractivity contribution < 1.29 is 36.0 Å². The average molecular weight is 439 g/mol. The molecule has 1 unspecified atom stereocenters.